The fourth-order valence-electron chi connectivity index (χ4n) is 7.55. The molecule has 0 heterocycles. The van der Waals surface area contributed by atoms with Crippen molar-refractivity contribution in [2.75, 3.05) is 6.61 Å². The Morgan fingerprint density at radius 3 is 1.39 bits per heavy atom. The van der Waals surface area contributed by atoms with Gasteiger partial charge in [0.15, 0.2) is 0 Å². The number of carbonyl (C=O) groups is 2. The first kappa shape index (κ1) is 59.3. The predicted molar refractivity (Wildman–Crippen MR) is 268 cm³/mol. The molecule has 62 heavy (non-hydrogen) atoms. The third-order valence-electron chi connectivity index (χ3n) is 11.5. The molecule has 3 N–H and O–H groups in total. The maximum Gasteiger partial charge on any atom is 0.306 e. The standard InChI is InChI=1S/C56H99NO5/c1-4-7-10-13-16-19-21-23-25-26-27-28-30-32-34-37-40-43-46-49-56(61)62-52(47-44-41-38-35-18-15-12-9-6-3)50-55(60)57-53(51-58)54(59)48-45-42-39-36-33-31-29-24-22-20-17-14-11-8-5-2/h7,10,15-16,18-19,23,25,27-28,32,34,52-54,58-59H,4-6,8-9,11-14,17,20-22,24,26,29-31,33,35-51H2,1-3H3,(H,57,60)/b10-7-,18-15-,19-16-,25-23-,28-27-,34-32-. The Hall–Kier alpha value is -2.70. The zero-order chi connectivity index (χ0) is 45.2. The fourth-order valence-corrected chi connectivity index (χ4v) is 7.55. The third kappa shape index (κ3) is 43.9. The van der Waals surface area contributed by atoms with Crippen molar-refractivity contribution in [3.63, 3.8) is 0 Å². The van der Waals surface area contributed by atoms with E-state index < -0.39 is 18.2 Å². The van der Waals surface area contributed by atoms with Crippen LogP contribution in [0.25, 0.3) is 0 Å². The van der Waals surface area contributed by atoms with E-state index in [0.717, 1.165) is 109 Å². The molecule has 0 fully saturated rings. The molecule has 0 aliphatic carbocycles. The Balaban J connectivity index is 4.51. The summed E-state index contributed by atoms with van der Waals surface area (Å²) >= 11 is 0. The number of esters is 1. The fraction of sp³-hybridized carbons (Fsp3) is 0.750. The Morgan fingerprint density at radius 1 is 0.484 bits per heavy atom. The van der Waals surface area contributed by atoms with Crippen LogP contribution in [0.4, 0.5) is 0 Å². The predicted octanol–water partition coefficient (Wildman–Crippen LogP) is 15.8. The highest BCUT2D eigenvalue weighted by Crippen LogP contribution is 2.17. The molecule has 358 valence electrons. The summed E-state index contributed by atoms with van der Waals surface area (Å²) in [5, 5.41) is 23.7. The zero-order valence-electron chi connectivity index (χ0n) is 40.7. The lowest BCUT2D eigenvalue weighted by molar-refractivity contribution is -0.151. The van der Waals surface area contributed by atoms with Crippen molar-refractivity contribution < 1.29 is 24.5 Å². The van der Waals surface area contributed by atoms with Crippen molar-refractivity contribution in [1.82, 2.24) is 5.32 Å². The summed E-state index contributed by atoms with van der Waals surface area (Å²) in [7, 11) is 0. The topological polar surface area (TPSA) is 95.9 Å². The first-order chi connectivity index (χ1) is 30.5. The van der Waals surface area contributed by atoms with E-state index in [0.29, 0.717) is 19.3 Å². The summed E-state index contributed by atoms with van der Waals surface area (Å²) in [5.41, 5.74) is 0. The Kier molecular flexibility index (Phi) is 47.2. The molecular formula is C56H99NO5. The van der Waals surface area contributed by atoms with E-state index in [1.165, 1.54) is 89.9 Å². The number of allylic oxidation sites excluding steroid dienone is 12. The number of unbranched alkanes of at least 4 members (excludes halogenated alkanes) is 22. The van der Waals surface area contributed by atoms with Gasteiger partial charge < -0.3 is 20.3 Å². The van der Waals surface area contributed by atoms with Gasteiger partial charge in [0, 0.05) is 6.42 Å². The molecule has 0 aliphatic heterocycles. The molecule has 6 nitrogen and oxygen atoms in total. The van der Waals surface area contributed by atoms with Crippen molar-refractivity contribution >= 4 is 11.9 Å². The quantitative estimate of drug-likeness (QED) is 0.0322. The van der Waals surface area contributed by atoms with Gasteiger partial charge in [-0.1, -0.05) is 216 Å². The van der Waals surface area contributed by atoms with Gasteiger partial charge in [-0.2, -0.15) is 0 Å². The van der Waals surface area contributed by atoms with Gasteiger partial charge in [-0.05, 0) is 89.9 Å². The van der Waals surface area contributed by atoms with Gasteiger partial charge in [-0.15, -0.1) is 0 Å². The number of ether oxygens (including phenoxy) is 1. The van der Waals surface area contributed by atoms with Crippen molar-refractivity contribution in [1.29, 1.82) is 0 Å². The second-order valence-corrected chi connectivity index (χ2v) is 17.5. The summed E-state index contributed by atoms with van der Waals surface area (Å²) in [6.45, 7) is 6.32. The monoisotopic (exact) mass is 866 g/mol. The molecule has 0 aliphatic rings. The van der Waals surface area contributed by atoms with Crippen molar-refractivity contribution in [2.24, 2.45) is 0 Å². The first-order valence-electron chi connectivity index (χ1n) is 26.2. The van der Waals surface area contributed by atoms with Crippen LogP contribution in [0, 0.1) is 0 Å². The number of hydrogen-bond donors (Lipinski definition) is 3. The van der Waals surface area contributed by atoms with Crippen molar-refractivity contribution in [3.8, 4) is 0 Å². The smallest absolute Gasteiger partial charge is 0.306 e. The molecule has 3 unspecified atom stereocenters. The maximum absolute atomic E-state index is 13.2. The molecule has 0 spiro atoms. The van der Waals surface area contributed by atoms with E-state index in [2.05, 4.69) is 99.0 Å². The van der Waals surface area contributed by atoms with E-state index in [1.807, 2.05) is 0 Å². The van der Waals surface area contributed by atoms with Crippen molar-refractivity contribution in [2.45, 2.75) is 264 Å². The minimum atomic E-state index is -0.799. The Morgan fingerprint density at radius 2 is 0.887 bits per heavy atom. The van der Waals surface area contributed by atoms with Crippen LogP contribution >= 0.6 is 0 Å². The Bertz CT molecular complexity index is 1150. The Labute approximate surface area is 383 Å². The summed E-state index contributed by atoms with van der Waals surface area (Å²) < 4.78 is 5.90. The molecule has 1 amide bonds. The van der Waals surface area contributed by atoms with Crippen molar-refractivity contribution in [3.05, 3.63) is 72.9 Å². The summed E-state index contributed by atoms with van der Waals surface area (Å²) in [6.07, 6.45) is 62.5. The molecule has 0 saturated heterocycles. The number of nitrogens with one attached hydrogen (secondary N) is 1. The summed E-state index contributed by atoms with van der Waals surface area (Å²) in [4.78, 5) is 26.1. The van der Waals surface area contributed by atoms with E-state index in [9.17, 15) is 19.8 Å². The lowest BCUT2D eigenvalue weighted by Gasteiger charge is -2.24. The molecule has 0 rings (SSSR count). The number of hydrogen-bond acceptors (Lipinski definition) is 5. The van der Waals surface area contributed by atoms with E-state index in [4.69, 9.17) is 4.74 Å². The van der Waals surface area contributed by atoms with Crippen LogP contribution in [0.15, 0.2) is 72.9 Å². The van der Waals surface area contributed by atoms with Gasteiger partial charge in [-0.25, -0.2) is 0 Å². The molecule has 0 saturated carbocycles. The number of rotatable bonds is 46. The molecule has 3 atom stereocenters. The van der Waals surface area contributed by atoms with Gasteiger partial charge in [-0.3, -0.25) is 9.59 Å². The van der Waals surface area contributed by atoms with Gasteiger partial charge >= 0.3 is 5.97 Å². The van der Waals surface area contributed by atoms with E-state index in [-0.39, 0.29) is 24.9 Å². The lowest BCUT2D eigenvalue weighted by atomic mass is 10.0. The number of amides is 1. The van der Waals surface area contributed by atoms with Crippen LogP contribution in [-0.2, 0) is 14.3 Å². The van der Waals surface area contributed by atoms with E-state index in [1.54, 1.807) is 0 Å². The zero-order valence-corrected chi connectivity index (χ0v) is 40.7. The average Bonchev–Trinajstić information content (AvgIpc) is 3.26. The van der Waals surface area contributed by atoms with Gasteiger partial charge in [0.05, 0.1) is 25.2 Å². The molecule has 0 bridgehead atoms. The minimum absolute atomic E-state index is 0.0505. The van der Waals surface area contributed by atoms with Gasteiger partial charge in [0.2, 0.25) is 5.91 Å². The van der Waals surface area contributed by atoms with Crippen LogP contribution in [0.2, 0.25) is 0 Å². The highest BCUT2D eigenvalue weighted by molar-refractivity contribution is 5.77. The minimum Gasteiger partial charge on any atom is -0.462 e. The second kappa shape index (κ2) is 49.3. The normalized spacial score (nSPS) is 13.8. The largest absolute Gasteiger partial charge is 0.462 e. The lowest BCUT2D eigenvalue weighted by Crippen LogP contribution is -2.46. The summed E-state index contributed by atoms with van der Waals surface area (Å²) in [5.74, 6) is -0.531. The maximum atomic E-state index is 13.2. The molecule has 0 aromatic carbocycles. The highest BCUT2D eigenvalue weighted by Gasteiger charge is 2.24. The highest BCUT2D eigenvalue weighted by atomic mass is 16.5. The van der Waals surface area contributed by atoms with Crippen LogP contribution < -0.4 is 5.32 Å². The van der Waals surface area contributed by atoms with Crippen LogP contribution in [0.3, 0.4) is 0 Å². The second-order valence-electron chi connectivity index (χ2n) is 17.5. The third-order valence-corrected chi connectivity index (χ3v) is 11.5. The number of aliphatic hydroxyl groups is 2. The van der Waals surface area contributed by atoms with E-state index >= 15 is 0 Å². The van der Waals surface area contributed by atoms with Gasteiger partial charge in [0.1, 0.15) is 6.10 Å². The van der Waals surface area contributed by atoms with Crippen LogP contribution in [0.5, 0.6) is 0 Å². The van der Waals surface area contributed by atoms with Gasteiger partial charge in [0.25, 0.3) is 0 Å². The SMILES string of the molecule is CC/C=C\C/C=C\C/C=C\C/C=C\C/C=C\CCCCCC(=O)OC(CCCCC/C=C\CCCC)CC(=O)NC(CO)C(O)CCCCCCCCCCCCCCCCC. The molecular weight excluding hydrogens is 767 g/mol. The molecule has 0 aromatic rings. The summed E-state index contributed by atoms with van der Waals surface area (Å²) in [6, 6.07) is -0.715. The van der Waals surface area contributed by atoms with Crippen LogP contribution in [-0.4, -0.2) is 46.9 Å². The molecule has 6 heteroatoms. The average molecular weight is 866 g/mol. The first-order valence-corrected chi connectivity index (χ1v) is 26.2. The number of aliphatic hydroxyl groups excluding tert-OH is 2. The van der Waals surface area contributed by atoms with Crippen LogP contribution in [0.1, 0.15) is 245 Å². The molecule has 0 radical (unpaired) electrons. The number of carbonyl (C=O) groups excluding carboxylic acids is 2. The molecule has 0 aromatic heterocycles.